The fourth-order valence-electron chi connectivity index (χ4n) is 4.18. The van der Waals surface area contributed by atoms with Gasteiger partial charge in [0.05, 0.1) is 26.4 Å². The van der Waals surface area contributed by atoms with Crippen molar-refractivity contribution in [1.29, 1.82) is 0 Å². The molecular weight excluding hydrogens is 383 g/mol. The molecule has 30 heavy (non-hydrogen) atoms. The van der Waals surface area contributed by atoms with E-state index in [1.165, 1.54) is 6.07 Å². The second kappa shape index (κ2) is 11.1. The second-order valence-electron chi connectivity index (χ2n) is 8.81. The van der Waals surface area contributed by atoms with E-state index >= 15 is 0 Å². The molecule has 0 saturated carbocycles. The molecule has 2 aliphatic heterocycles. The standard InChI is InChI=1S/C23H37FN4O2/c1-4-25-22(27-17-23(2,3)19-6-5-7-20(24)14-19)26-15-21(18-8-11-30-16-18)28-9-12-29-13-10-28/h5-7,14,18,21H,4,8-13,15-17H2,1-3H3,(H2,25,26,27). The van der Waals surface area contributed by atoms with Gasteiger partial charge in [-0.25, -0.2) is 4.39 Å². The molecule has 7 heteroatoms. The maximum Gasteiger partial charge on any atom is 0.191 e. The zero-order valence-corrected chi connectivity index (χ0v) is 18.6. The van der Waals surface area contributed by atoms with Crippen molar-refractivity contribution in [3.8, 4) is 0 Å². The van der Waals surface area contributed by atoms with Gasteiger partial charge in [-0.15, -0.1) is 0 Å². The van der Waals surface area contributed by atoms with E-state index in [4.69, 9.17) is 14.5 Å². The minimum atomic E-state index is -0.257. The zero-order valence-electron chi connectivity index (χ0n) is 18.6. The molecule has 0 bridgehead atoms. The summed E-state index contributed by atoms with van der Waals surface area (Å²) in [4.78, 5) is 7.36. The summed E-state index contributed by atoms with van der Waals surface area (Å²) in [6.07, 6.45) is 1.10. The van der Waals surface area contributed by atoms with Crippen molar-refractivity contribution in [2.24, 2.45) is 10.9 Å². The van der Waals surface area contributed by atoms with E-state index in [1.54, 1.807) is 12.1 Å². The molecule has 2 heterocycles. The average molecular weight is 421 g/mol. The lowest BCUT2D eigenvalue weighted by Crippen LogP contribution is -2.53. The lowest BCUT2D eigenvalue weighted by molar-refractivity contribution is 0.00246. The van der Waals surface area contributed by atoms with Crippen molar-refractivity contribution < 1.29 is 13.9 Å². The Morgan fingerprint density at radius 1 is 1.23 bits per heavy atom. The van der Waals surface area contributed by atoms with Gasteiger partial charge in [0.15, 0.2) is 5.96 Å². The summed E-state index contributed by atoms with van der Waals surface area (Å²) in [5.74, 6) is 1.13. The number of benzene rings is 1. The van der Waals surface area contributed by atoms with Crippen LogP contribution in [0.1, 0.15) is 32.8 Å². The highest BCUT2D eigenvalue weighted by Crippen LogP contribution is 2.24. The first-order chi connectivity index (χ1) is 14.5. The van der Waals surface area contributed by atoms with Gasteiger partial charge in [-0.05, 0) is 31.0 Å². The van der Waals surface area contributed by atoms with Gasteiger partial charge < -0.3 is 20.1 Å². The number of halogens is 1. The molecule has 2 aliphatic rings. The number of nitrogens with one attached hydrogen (secondary N) is 2. The molecule has 1 aromatic carbocycles. The molecule has 6 nitrogen and oxygen atoms in total. The Bertz CT molecular complexity index is 686. The fraction of sp³-hybridized carbons (Fsp3) is 0.696. The molecule has 0 radical (unpaired) electrons. The maximum atomic E-state index is 13.7. The molecule has 2 unspecified atom stereocenters. The highest BCUT2D eigenvalue weighted by molar-refractivity contribution is 5.79. The Labute approximate surface area is 180 Å². The predicted octanol–water partition coefficient (Wildman–Crippen LogP) is 2.40. The monoisotopic (exact) mass is 420 g/mol. The van der Waals surface area contributed by atoms with Crippen LogP contribution in [0.3, 0.4) is 0 Å². The smallest absolute Gasteiger partial charge is 0.191 e. The van der Waals surface area contributed by atoms with Crippen LogP contribution in [0.25, 0.3) is 0 Å². The van der Waals surface area contributed by atoms with Gasteiger partial charge >= 0.3 is 0 Å². The molecule has 2 saturated heterocycles. The molecule has 2 fully saturated rings. The molecule has 3 rings (SSSR count). The van der Waals surface area contributed by atoms with Gasteiger partial charge in [0, 0.05) is 50.2 Å². The van der Waals surface area contributed by atoms with Crippen molar-refractivity contribution in [2.75, 3.05) is 59.2 Å². The van der Waals surface area contributed by atoms with Crippen molar-refractivity contribution in [1.82, 2.24) is 15.5 Å². The quantitative estimate of drug-likeness (QED) is 0.500. The summed E-state index contributed by atoms with van der Waals surface area (Å²) in [7, 11) is 0. The highest BCUT2D eigenvalue weighted by Gasteiger charge is 2.31. The van der Waals surface area contributed by atoms with Crippen LogP contribution in [-0.4, -0.2) is 76.1 Å². The van der Waals surface area contributed by atoms with Crippen LogP contribution in [0.2, 0.25) is 0 Å². The first kappa shape index (κ1) is 23.0. The fourth-order valence-corrected chi connectivity index (χ4v) is 4.18. The number of aliphatic imine (C=N–C) groups is 1. The first-order valence-corrected chi connectivity index (χ1v) is 11.2. The number of guanidine groups is 1. The number of ether oxygens (including phenoxy) is 2. The molecule has 0 aliphatic carbocycles. The van der Waals surface area contributed by atoms with Gasteiger partial charge in [-0.3, -0.25) is 9.89 Å². The summed E-state index contributed by atoms with van der Waals surface area (Å²) in [6.45, 7) is 13.6. The summed E-state index contributed by atoms with van der Waals surface area (Å²) >= 11 is 0. The minimum Gasteiger partial charge on any atom is -0.381 e. The van der Waals surface area contributed by atoms with Crippen LogP contribution in [0.4, 0.5) is 4.39 Å². The molecular formula is C23H37FN4O2. The maximum absolute atomic E-state index is 13.7. The molecule has 2 atom stereocenters. The number of nitrogens with zero attached hydrogens (tertiary/aromatic N) is 2. The molecule has 168 valence electrons. The van der Waals surface area contributed by atoms with Gasteiger partial charge in [-0.1, -0.05) is 26.0 Å². The SMILES string of the molecule is CCNC(=NCC(C)(C)c1cccc(F)c1)NCC(C1CCOC1)N1CCOCC1. The van der Waals surface area contributed by atoms with Gasteiger partial charge in [0.2, 0.25) is 0 Å². The van der Waals surface area contributed by atoms with Crippen LogP contribution >= 0.6 is 0 Å². The number of hydrogen-bond acceptors (Lipinski definition) is 4. The largest absolute Gasteiger partial charge is 0.381 e. The van der Waals surface area contributed by atoms with Crippen molar-refractivity contribution >= 4 is 5.96 Å². The van der Waals surface area contributed by atoms with Gasteiger partial charge in [0.25, 0.3) is 0 Å². The van der Waals surface area contributed by atoms with Gasteiger partial charge in [0.1, 0.15) is 5.82 Å². The van der Waals surface area contributed by atoms with E-state index in [-0.39, 0.29) is 11.2 Å². The van der Waals surface area contributed by atoms with E-state index < -0.39 is 0 Å². The third kappa shape index (κ3) is 6.40. The molecule has 1 aromatic rings. The normalized spacial score (nSPS) is 22.1. The number of morpholine rings is 1. The Balaban J connectivity index is 1.65. The number of rotatable bonds is 8. The highest BCUT2D eigenvalue weighted by atomic mass is 19.1. The van der Waals surface area contributed by atoms with Crippen LogP contribution in [0, 0.1) is 11.7 Å². The molecule has 0 aromatic heterocycles. The molecule has 0 amide bonds. The first-order valence-electron chi connectivity index (χ1n) is 11.2. The van der Waals surface area contributed by atoms with Crippen molar-refractivity contribution in [3.05, 3.63) is 35.6 Å². The van der Waals surface area contributed by atoms with Crippen LogP contribution in [0.5, 0.6) is 0 Å². The third-order valence-corrected chi connectivity index (χ3v) is 6.09. The topological polar surface area (TPSA) is 58.1 Å². The summed E-state index contributed by atoms with van der Waals surface area (Å²) in [5.41, 5.74) is 0.698. The van der Waals surface area contributed by atoms with E-state index in [1.807, 2.05) is 6.07 Å². The molecule has 0 spiro atoms. The Morgan fingerprint density at radius 3 is 2.70 bits per heavy atom. The Morgan fingerprint density at radius 2 is 2.03 bits per heavy atom. The van der Waals surface area contributed by atoms with Crippen LogP contribution in [0.15, 0.2) is 29.3 Å². The van der Waals surface area contributed by atoms with Crippen LogP contribution < -0.4 is 10.6 Å². The van der Waals surface area contributed by atoms with Gasteiger partial charge in [-0.2, -0.15) is 0 Å². The zero-order chi connectivity index (χ0) is 21.4. The van der Waals surface area contributed by atoms with E-state index in [9.17, 15) is 4.39 Å². The average Bonchev–Trinajstić information content (AvgIpc) is 3.27. The van der Waals surface area contributed by atoms with Crippen molar-refractivity contribution in [3.63, 3.8) is 0 Å². The Hall–Kier alpha value is -1.70. The van der Waals surface area contributed by atoms with E-state index in [2.05, 4.69) is 36.3 Å². The third-order valence-electron chi connectivity index (χ3n) is 6.09. The lowest BCUT2D eigenvalue weighted by Gasteiger charge is -2.37. The van der Waals surface area contributed by atoms with Crippen molar-refractivity contribution in [2.45, 2.75) is 38.6 Å². The van der Waals surface area contributed by atoms with Crippen LogP contribution in [-0.2, 0) is 14.9 Å². The van der Waals surface area contributed by atoms with E-state index in [0.717, 1.165) is 70.6 Å². The minimum absolute atomic E-state index is 0.207. The summed E-state index contributed by atoms with van der Waals surface area (Å²) in [5, 5.41) is 6.91. The molecule has 2 N–H and O–H groups in total. The Kier molecular flexibility index (Phi) is 8.48. The summed E-state index contributed by atoms with van der Waals surface area (Å²) in [6, 6.07) is 7.21. The number of hydrogen-bond donors (Lipinski definition) is 2. The van der Waals surface area contributed by atoms with E-state index in [0.29, 0.717) is 18.5 Å². The summed E-state index contributed by atoms with van der Waals surface area (Å²) < 4.78 is 24.9. The lowest BCUT2D eigenvalue weighted by atomic mass is 9.85. The predicted molar refractivity (Wildman–Crippen MR) is 119 cm³/mol. The second-order valence-corrected chi connectivity index (χ2v) is 8.81.